The summed E-state index contributed by atoms with van der Waals surface area (Å²) in [6, 6.07) is 7.36. The first-order valence-corrected chi connectivity index (χ1v) is 10.6. The number of thiophene rings is 1. The van der Waals surface area contributed by atoms with Crippen molar-refractivity contribution in [3.8, 4) is 0 Å². The van der Waals surface area contributed by atoms with Gasteiger partial charge in [0.15, 0.2) is 0 Å². The van der Waals surface area contributed by atoms with Gasteiger partial charge in [-0.3, -0.25) is 0 Å². The highest BCUT2D eigenvalue weighted by Gasteiger charge is 2.28. The minimum atomic E-state index is -0.256. The number of aliphatic imine (C=N–C) groups is 1. The second kappa shape index (κ2) is 8.19. The lowest BCUT2D eigenvalue weighted by molar-refractivity contribution is 0.168. The molecule has 2 aliphatic heterocycles. The summed E-state index contributed by atoms with van der Waals surface area (Å²) in [4.78, 5) is 8.65. The van der Waals surface area contributed by atoms with Gasteiger partial charge in [0, 0.05) is 44.3 Å². The maximum Gasteiger partial charge on any atom is 0.139 e. The lowest BCUT2D eigenvalue weighted by Crippen LogP contribution is -2.53. The van der Waals surface area contributed by atoms with Crippen LogP contribution in [-0.4, -0.2) is 50.1 Å². The second-order valence-electron chi connectivity index (χ2n) is 7.65. The van der Waals surface area contributed by atoms with Gasteiger partial charge in [-0.25, -0.2) is 9.38 Å². The van der Waals surface area contributed by atoms with Crippen molar-refractivity contribution in [2.24, 2.45) is 4.99 Å². The SMILES string of the molecule is COCC[C@H]1CN(C2=Nc3ccc(F)cc3Nc3sc(C(C)C)cc32)CCN1. The van der Waals surface area contributed by atoms with Gasteiger partial charge in [-0.2, -0.15) is 0 Å². The molecule has 0 bridgehead atoms. The Morgan fingerprint density at radius 3 is 3.00 bits per heavy atom. The quantitative estimate of drug-likeness (QED) is 0.793. The van der Waals surface area contributed by atoms with Gasteiger partial charge < -0.3 is 20.3 Å². The summed E-state index contributed by atoms with van der Waals surface area (Å²) in [5.41, 5.74) is 2.61. The molecule has 4 rings (SSSR count). The molecular weight excluding hydrogens is 375 g/mol. The van der Waals surface area contributed by atoms with Gasteiger partial charge in [-0.05, 0) is 36.6 Å². The first-order chi connectivity index (χ1) is 13.5. The summed E-state index contributed by atoms with van der Waals surface area (Å²) in [6.07, 6.45) is 0.966. The van der Waals surface area contributed by atoms with Crippen LogP contribution in [0, 0.1) is 5.82 Å². The fraction of sp³-hybridized carbons (Fsp3) is 0.476. The molecule has 0 saturated carbocycles. The molecule has 2 aromatic rings. The first-order valence-electron chi connectivity index (χ1n) is 9.81. The van der Waals surface area contributed by atoms with E-state index in [-0.39, 0.29) is 5.82 Å². The number of nitrogens with zero attached hydrogens (tertiary/aromatic N) is 2. The Morgan fingerprint density at radius 1 is 1.36 bits per heavy atom. The summed E-state index contributed by atoms with van der Waals surface area (Å²) in [5.74, 6) is 1.15. The van der Waals surface area contributed by atoms with E-state index in [4.69, 9.17) is 9.73 Å². The average Bonchev–Trinajstić information content (AvgIpc) is 3.03. The Bertz CT molecular complexity index is 879. The molecular formula is C21H27FN4OS. The molecule has 0 amide bonds. The summed E-state index contributed by atoms with van der Waals surface area (Å²) < 4.78 is 19.1. The third-order valence-corrected chi connectivity index (χ3v) is 6.57. The van der Waals surface area contributed by atoms with Gasteiger partial charge in [0.1, 0.15) is 16.7 Å². The predicted octanol–water partition coefficient (Wildman–Crippen LogP) is 4.46. The summed E-state index contributed by atoms with van der Waals surface area (Å²) in [5, 5.41) is 8.05. The Hall–Kier alpha value is -1.96. The molecule has 5 nitrogen and oxygen atoms in total. The fourth-order valence-electron chi connectivity index (χ4n) is 3.67. The van der Waals surface area contributed by atoms with Crippen molar-refractivity contribution in [1.29, 1.82) is 0 Å². The molecule has 150 valence electrons. The van der Waals surface area contributed by atoms with E-state index in [1.807, 2.05) is 0 Å². The molecule has 0 spiro atoms. The number of nitrogens with one attached hydrogen (secondary N) is 2. The van der Waals surface area contributed by atoms with Crippen LogP contribution in [0.15, 0.2) is 29.3 Å². The number of halogens is 1. The Morgan fingerprint density at radius 2 is 2.21 bits per heavy atom. The lowest BCUT2D eigenvalue weighted by atomic mass is 10.1. The van der Waals surface area contributed by atoms with E-state index < -0.39 is 0 Å². The van der Waals surface area contributed by atoms with E-state index >= 15 is 0 Å². The number of ether oxygens (including phenoxy) is 1. The normalized spacial score (nSPS) is 19.0. The minimum absolute atomic E-state index is 0.256. The maximum atomic E-state index is 13.8. The van der Waals surface area contributed by atoms with Crippen molar-refractivity contribution in [1.82, 2.24) is 10.2 Å². The van der Waals surface area contributed by atoms with Crippen LogP contribution in [0.2, 0.25) is 0 Å². The van der Waals surface area contributed by atoms with Crippen LogP contribution in [0.3, 0.4) is 0 Å². The largest absolute Gasteiger partial charge is 0.385 e. The highest BCUT2D eigenvalue weighted by molar-refractivity contribution is 7.16. The topological polar surface area (TPSA) is 48.9 Å². The predicted molar refractivity (Wildman–Crippen MR) is 114 cm³/mol. The Balaban J connectivity index is 1.74. The van der Waals surface area contributed by atoms with Crippen LogP contribution in [-0.2, 0) is 4.74 Å². The molecule has 7 heteroatoms. The minimum Gasteiger partial charge on any atom is -0.385 e. The van der Waals surface area contributed by atoms with Crippen molar-refractivity contribution >= 4 is 33.5 Å². The molecule has 1 fully saturated rings. The van der Waals surface area contributed by atoms with E-state index in [2.05, 4.69) is 35.4 Å². The highest BCUT2D eigenvalue weighted by atomic mass is 32.1. The maximum absolute atomic E-state index is 13.8. The number of piperazine rings is 1. The fourth-order valence-corrected chi connectivity index (χ4v) is 4.74. The van der Waals surface area contributed by atoms with Crippen molar-refractivity contribution in [3.05, 3.63) is 40.5 Å². The zero-order valence-corrected chi connectivity index (χ0v) is 17.4. The highest BCUT2D eigenvalue weighted by Crippen LogP contribution is 2.41. The number of rotatable bonds is 4. The zero-order valence-electron chi connectivity index (χ0n) is 16.6. The van der Waals surface area contributed by atoms with Crippen molar-refractivity contribution in [2.45, 2.75) is 32.2 Å². The molecule has 1 atom stereocenters. The zero-order chi connectivity index (χ0) is 19.7. The van der Waals surface area contributed by atoms with Crippen molar-refractivity contribution < 1.29 is 9.13 Å². The molecule has 0 aliphatic carbocycles. The molecule has 2 aliphatic rings. The third-order valence-electron chi connectivity index (χ3n) is 5.22. The number of amidine groups is 1. The molecule has 1 aromatic carbocycles. The molecule has 0 radical (unpaired) electrons. The molecule has 0 unspecified atom stereocenters. The van der Waals surface area contributed by atoms with Gasteiger partial charge in [0.05, 0.1) is 16.9 Å². The van der Waals surface area contributed by atoms with Gasteiger partial charge >= 0.3 is 0 Å². The number of hydrogen-bond donors (Lipinski definition) is 2. The molecule has 28 heavy (non-hydrogen) atoms. The van der Waals surface area contributed by atoms with Crippen molar-refractivity contribution in [3.63, 3.8) is 0 Å². The second-order valence-corrected chi connectivity index (χ2v) is 8.73. The van der Waals surface area contributed by atoms with E-state index in [0.717, 1.165) is 60.4 Å². The van der Waals surface area contributed by atoms with E-state index in [9.17, 15) is 4.39 Å². The van der Waals surface area contributed by atoms with Gasteiger partial charge in [-0.15, -0.1) is 11.3 Å². The van der Waals surface area contributed by atoms with E-state index in [1.165, 1.54) is 17.0 Å². The van der Waals surface area contributed by atoms with E-state index in [0.29, 0.717) is 12.0 Å². The Labute approximate surface area is 169 Å². The smallest absolute Gasteiger partial charge is 0.139 e. The number of hydrogen-bond acceptors (Lipinski definition) is 6. The average molecular weight is 403 g/mol. The Kier molecular flexibility index (Phi) is 5.66. The van der Waals surface area contributed by atoms with Crippen LogP contribution in [0.1, 0.15) is 36.6 Å². The third kappa shape index (κ3) is 3.92. The molecule has 3 heterocycles. The summed E-state index contributed by atoms with van der Waals surface area (Å²) in [6.45, 7) is 7.81. The number of fused-ring (bicyclic) bond motifs is 2. The van der Waals surface area contributed by atoms with Gasteiger partial charge in [0.2, 0.25) is 0 Å². The first kappa shape index (κ1) is 19.4. The number of anilines is 2. The van der Waals surface area contributed by atoms with Crippen LogP contribution < -0.4 is 10.6 Å². The number of methoxy groups -OCH3 is 1. The van der Waals surface area contributed by atoms with Crippen LogP contribution in [0.5, 0.6) is 0 Å². The monoisotopic (exact) mass is 402 g/mol. The molecule has 1 aromatic heterocycles. The number of benzene rings is 1. The lowest BCUT2D eigenvalue weighted by Gasteiger charge is -2.35. The standard InChI is InChI=1S/C21H27FN4OS/c1-13(2)19-11-16-20(26-8-7-23-15(12-26)6-9-27-3)24-17-5-4-14(22)10-18(17)25-21(16)28-19/h4-5,10-11,13,15,23,25H,6-9,12H2,1-3H3/t15-/m0/s1. The molecule has 2 N–H and O–H groups in total. The summed E-state index contributed by atoms with van der Waals surface area (Å²) >= 11 is 1.73. The summed E-state index contributed by atoms with van der Waals surface area (Å²) in [7, 11) is 1.74. The van der Waals surface area contributed by atoms with Crippen LogP contribution >= 0.6 is 11.3 Å². The van der Waals surface area contributed by atoms with Crippen LogP contribution in [0.25, 0.3) is 0 Å². The van der Waals surface area contributed by atoms with Gasteiger partial charge in [-0.1, -0.05) is 13.8 Å². The van der Waals surface area contributed by atoms with E-state index in [1.54, 1.807) is 24.5 Å². The van der Waals surface area contributed by atoms with Crippen LogP contribution in [0.4, 0.5) is 20.8 Å². The van der Waals surface area contributed by atoms with Gasteiger partial charge in [0.25, 0.3) is 0 Å². The molecule has 1 saturated heterocycles. The van der Waals surface area contributed by atoms with Crippen molar-refractivity contribution in [2.75, 3.05) is 38.7 Å².